The minimum absolute atomic E-state index is 0. The summed E-state index contributed by atoms with van der Waals surface area (Å²) < 4.78 is 41.3. The zero-order valence-electron chi connectivity index (χ0n) is 63.0. The first kappa shape index (κ1) is 77.1. The molecule has 0 saturated heterocycles. The van der Waals surface area contributed by atoms with Crippen molar-refractivity contribution in [1.82, 2.24) is 73.8 Å². The first-order valence-electron chi connectivity index (χ1n) is 36.1. The van der Waals surface area contributed by atoms with E-state index in [1.807, 2.05) is 121 Å². The minimum atomic E-state index is -0.269. The molecule has 101 heavy (non-hydrogen) atoms. The fourth-order valence-electron chi connectivity index (χ4n) is 13.2. The van der Waals surface area contributed by atoms with Gasteiger partial charge in [0.1, 0.15) is 29.1 Å². The predicted molar refractivity (Wildman–Crippen MR) is 383 cm³/mol. The monoisotopic (exact) mass is 2240 g/mol. The minimum Gasteiger partial charge on any atom is -0.283 e. The van der Waals surface area contributed by atoms with Crippen molar-refractivity contribution in [3.63, 3.8) is 0 Å². The molecule has 3 saturated carbocycles. The predicted octanol–water partition coefficient (Wildman–Crippen LogP) is 18.9. The van der Waals surface area contributed by atoms with E-state index in [0.29, 0.717) is 35.3 Å². The second kappa shape index (κ2) is 41.1. The van der Waals surface area contributed by atoms with E-state index >= 15 is 0 Å². The van der Waals surface area contributed by atoms with Gasteiger partial charge in [-0.1, -0.05) is 106 Å². The topological polar surface area (TPSA) is 154 Å². The van der Waals surface area contributed by atoms with Crippen LogP contribution in [0.2, 0.25) is 0 Å². The van der Waals surface area contributed by atoms with Gasteiger partial charge in [0.05, 0.1) is 34.8 Å². The van der Waals surface area contributed by atoms with E-state index in [9.17, 15) is 0 Å². The summed E-state index contributed by atoms with van der Waals surface area (Å²) in [4.78, 5) is 22.7. The fraction of sp³-hybridized carbons (Fsp3) is 0.358. The van der Waals surface area contributed by atoms with Gasteiger partial charge in [-0.3, -0.25) is 48.3 Å². The summed E-state index contributed by atoms with van der Waals surface area (Å²) in [6, 6.07) is 61.3. The van der Waals surface area contributed by atoms with Gasteiger partial charge >= 0.3 is 0 Å². The van der Waals surface area contributed by atoms with Crippen LogP contribution in [-0.4, -0.2) is 73.8 Å². The molecule has 0 N–H and O–H groups in total. The van der Waals surface area contributed by atoms with Gasteiger partial charge in [0.25, 0.3) is 0 Å². The zero-order chi connectivity index (χ0) is 70.4. The Morgan fingerprint density at radius 3 is 1.24 bits per heavy atom. The smallest absolute Gasteiger partial charge is 0.137 e. The number of aromatic nitrogens is 15. The Morgan fingerprint density at radius 1 is 0.376 bits per heavy atom. The summed E-state index contributed by atoms with van der Waals surface area (Å²) in [7, 11) is 0. The second-order valence-electron chi connectivity index (χ2n) is 25.5. The van der Waals surface area contributed by atoms with Crippen LogP contribution in [0.4, 0.5) is 0 Å². The van der Waals surface area contributed by atoms with Gasteiger partial charge in [-0.2, -0.15) is 25.5 Å². The molecule has 0 aliphatic heterocycles. The summed E-state index contributed by atoms with van der Waals surface area (Å²) in [5.41, 5.74) is 11.5. The van der Waals surface area contributed by atoms with Crippen LogP contribution in [0.3, 0.4) is 0 Å². The van der Waals surface area contributed by atoms with Crippen molar-refractivity contribution in [2.24, 2.45) is 0 Å². The fourth-order valence-corrected chi connectivity index (χ4v) is 13.2. The number of nitrogens with zero attached hydrogens (tertiary/aromatic N) is 15. The van der Waals surface area contributed by atoms with Crippen molar-refractivity contribution in [1.29, 1.82) is 0 Å². The van der Waals surface area contributed by atoms with E-state index in [1.54, 1.807) is 6.92 Å². The van der Waals surface area contributed by atoms with Crippen molar-refractivity contribution in [2.45, 2.75) is 190 Å². The third kappa shape index (κ3) is 22.3. The molecule has 3 fully saturated rings. The Labute approximate surface area is 671 Å². The van der Waals surface area contributed by atoms with E-state index in [1.165, 1.54) is 98.4 Å². The van der Waals surface area contributed by atoms with Crippen molar-refractivity contribution >= 4 is 0 Å². The van der Waals surface area contributed by atoms with E-state index in [2.05, 4.69) is 169 Å². The average molecular weight is 2240 g/mol. The van der Waals surface area contributed by atoms with Crippen molar-refractivity contribution in [3.05, 3.63) is 234 Å². The maximum Gasteiger partial charge on any atom is 0.137 e. The normalized spacial score (nSPS) is 14.2. The van der Waals surface area contributed by atoms with Crippen LogP contribution in [0.15, 0.2) is 158 Å². The first-order valence-corrected chi connectivity index (χ1v) is 34.1. The molecular weight excluding hydrogens is 2140 g/mol. The van der Waals surface area contributed by atoms with E-state index in [4.69, 9.17) is 15.6 Å². The Kier molecular flexibility index (Phi) is 31.4. The van der Waals surface area contributed by atoms with Crippen LogP contribution in [0.1, 0.15) is 186 Å². The molecule has 0 unspecified atom stereocenters. The van der Waals surface area contributed by atoms with E-state index in [0.717, 1.165) is 100 Å². The SMILES string of the molecule is Cc1cc(C)c(-n2nc(C)nc2-c2[c-]cccc2)c(C)c1.Cc1nc(-c2[c-]ccc(-c3ccccc3)c2)n(C2CCCCC2)n1.Cc1nc(-c2[c-]cccc2)n(C(C)C)n1.Cc1nc(-c2[c-]cccc2)n(C2CCCCC2)n1.[2H]c1[c-]c(-c2nc(C)nn2C2CCCCC2)c([2H])c([2H])c1[2H].[Ir].[Ir].[Ir].[Ir].[Ir]. The molecule has 12 aromatic rings. The molecule has 0 spiro atoms. The molecule has 0 bridgehead atoms. The average Bonchev–Trinajstić information content (AvgIpc) is 1.79. The molecule has 15 rings (SSSR count). The van der Waals surface area contributed by atoms with Gasteiger partial charge in [0, 0.05) is 127 Å². The van der Waals surface area contributed by atoms with Gasteiger partial charge in [-0.05, 0) is 127 Å². The molecule has 0 atom stereocenters. The molecular formula is C81H90Ir5N15-5. The van der Waals surface area contributed by atoms with Gasteiger partial charge in [-0.15, -0.1) is 179 Å². The van der Waals surface area contributed by atoms with Crippen molar-refractivity contribution in [2.75, 3.05) is 0 Å². The number of aryl methyl sites for hydroxylation is 8. The van der Waals surface area contributed by atoms with Crippen LogP contribution < -0.4 is 0 Å². The molecule has 0 amide bonds. The van der Waals surface area contributed by atoms with Gasteiger partial charge < -0.3 is 0 Å². The van der Waals surface area contributed by atoms with Crippen LogP contribution in [-0.2, 0) is 101 Å². The largest absolute Gasteiger partial charge is 0.283 e. The summed E-state index contributed by atoms with van der Waals surface area (Å²) in [5, 5.41) is 22.7. The van der Waals surface area contributed by atoms with Crippen LogP contribution in [0, 0.1) is 85.7 Å². The summed E-state index contributed by atoms with van der Waals surface area (Å²) in [6.45, 7) is 20.1. The number of rotatable bonds is 11. The summed E-state index contributed by atoms with van der Waals surface area (Å²) >= 11 is 0. The van der Waals surface area contributed by atoms with E-state index in [-0.39, 0.29) is 131 Å². The van der Waals surface area contributed by atoms with Crippen LogP contribution >= 0.6 is 0 Å². The molecule has 15 nitrogen and oxygen atoms in total. The number of benzene rings is 7. The molecule has 20 heteroatoms. The maximum absolute atomic E-state index is 8.09. The van der Waals surface area contributed by atoms with Gasteiger partial charge in [-0.25, -0.2) is 0 Å². The molecule has 3 aliphatic carbocycles. The van der Waals surface area contributed by atoms with Crippen LogP contribution in [0.5, 0.6) is 0 Å². The number of hydrogen-bond acceptors (Lipinski definition) is 10. The maximum atomic E-state index is 8.09. The Morgan fingerprint density at radius 2 is 0.772 bits per heavy atom. The Hall–Kier alpha value is -6.51. The third-order valence-electron chi connectivity index (χ3n) is 17.5. The number of hydrogen-bond donors (Lipinski definition) is 0. The van der Waals surface area contributed by atoms with E-state index < -0.39 is 0 Å². The second-order valence-corrected chi connectivity index (χ2v) is 25.5. The van der Waals surface area contributed by atoms with Crippen LogP contribution in [0.25, 0.3) is 73.8 Å². The van der Waals surface area contributed by atoms with Crippen molar-refractivity contribution < 1.29 is 106 Å². The van der Waals surface area contributed by atoms with Gasteiger partial charge in [0.15, 0.2) is 0 Å². The first-order chi connectivity index (χ1) is 48.4. The van der Waals surface area contributed by atoms with Crippen molar-refractivity contribution in [3.8, 4) is 73.8 Å². The Bertz CT molecular complexity index is 4620. The molecule has 5 aromatic heterocycles. The molecule has 7 aromatic carbocycles. The quantitative estimate of drug-likeness (QED) is 0.114. The Balaban J connectivity index is 0.000000205. The zero-order valence-corrected chi connectivity index (χ0v) is 71.0. The summed E-state index contributed by atoms with van der Waals surface area (Å²) in [6.07, 6.45) is 18.3. The van der Waals surface area contributed by atoms with Gasteiger partial charge in [0.2, 0.25) is 0 Å². The third-order valence-corrected chi connectivity index (χ3v) is 17.5. The molecule has 539 valence electrons. The molecule has 5 heterocycles. The molecule has 5 radical (unpaired) electrons. The molecule has 3 aliphatic rings. The summed E-state index contributed by atoms with van der Waals surface area (Å²) in [5.74, 6) is 8.03. The standard InChI is InChI=1S/C21H22N3.C18H18N3.2C15H18N3.C12H14N3.5Ir/c1-16-22-21(24(23-16)20-13-6-3-7-14-20)19-12-8-11-18(15-19)17-9-4-2-5-10-17;1-12-10-13(2)17(14(3)11-12)21-18(19-15(4)20-21)16-8-6-5-7-9-16;2*1-12-16-15(13-8-4-2-5-9-13)18(17-12)14-10-6-3-7-11-14;1-9(2)15-12(13-10(3)14-15)11-7-5-4-6-8-11;;;;;/h2,4-5,8-11,15,20H,3,6-7,13-14H2,1H3;5-8,10-11H,1-4H3;2*2,4-5,8,14H,3,6-7,10-11H2,1H3;4-7,9H,1-3H3;;;;;/q5*-1;;;;;/i;;2D,4D,5D,8D;;;;;;;.